The van der Waals surface area contributed by atoms with Crippen LogP contribution in [0.3, 0.4) is 0 Å². The molecule has 2 heterocycles. The first-order valence-electron chi connectivity index (χ1n) is 5.22. The molecule has 1 aliphatic rings. The summed E-state index contributed by atoms with van der Waals surface area (Å²) in [4.78, 5) is 11.6. The first-order chi connectivity index (χ1) is 7.74. The third kappa shape index (κ3) is 3.18. The SMILES string of the molecule is Nc1nc(Cl)nc(NCC2CCCOC2)n1. The standard InChI is InChI=1S/C9H14ClN5O/c10-7-13-8(11)15-9(14-7)12-4-6-2-1-3-16-5-6/h6H,1-5H2,(H3,11,12,13,14,15). The Morgan fingerprint density at radius 3 is 3.00 bits per heavy atom. The minimum Gasteiger partial charge on any atom is -0.381 e. The Bertz CT molecular complexity index is 336. The van der Waals surface area contributed by atoms with Crippen LogP contribution in [0.5, 0.6) is 0 Å². The molecule has 1 saturated heterocycles. The van der Waals surface area contributed by atoms with Gasteiger partial charge < -0.3 is 15.8 Å². The van der Waals surface area contributed by atoms with Crippen molar-refractivity contribution in [2.45, 2.75) is 12.8 Å². The van der Waals surface area contributed by atoms with E-state index in [4.69, 9.17) is 22.1 Å². The van der Waals surface area contributed by atoms with Crippen molar-refractivity contribution in [3.8, 4) is 0 Å². The third-order valence-corrected chi connectivity index (χ3v) is 2.60. The van der Waals surface area contributed by atoms with Crippen LogP contribution in [0.4, 0.5) is 11.9 Å². The van der Waals surface area contributed by atoms with E-state index in [0.717, 1.165) is 32.6 Å². The van der Waals surface area contributed by atoms with Gasteiger partial charge in [-0.3, -0.25) is 0 Å². The topological polar surface area (TPSA) is 86.0 Å². The van der Waals surface area contributed by atoms with E-state index in [1.807, 2.05) is 0 Å². The van der Waals surface area contributed by atoms with E-state index in [0.29, 0.717) is 11.9 Å². The maximum absolute atomic E-state index is 5.66. The minimum atomic E-state index is 0.106. The summed E-state index contributed by atoms with van der Waals surface area (Å²) < 4.78 is 5.37. The Labute approximate surface area is 98.6 Å². The van der Waals surface area contributed by atoms with Gasteiger partial charge in [0, 0.05) is 13.2 Å². The Morgan fingerprint density at radius 2 is 2.31 bits per heavy atom. The molecule has 0 aliphatic carbocycles. The normalized spacial score (nSPS) is 20.7. The number of rotatable bonds is 3. The second-order valence-corrected chi connectivity index (χ2v) is 4.09. The van der Waals surface area contributed by atoms with Crippen molar-refractivity contribution in [3.63, 3.8) is 0 Å². The predicted octanol–water partition coefficient (Wildman–Crippen LogP) is 0.946. The average molecular weight is 244 g/mol. The molecule has 3 N–H and O–H groups in total. The van der Waals surface area contributed by atoms with Gasteiger partial charge >= 0.3 is 0 Å². The first kappa shape index (κ1) is 11.3. The molecule has 1 aromatic rings. The second-order valence-electron chi connectivity index (χ2n) is 3.75. The Kier molecular flexibility index (Phi) is 3.74. The van der Waals surface area contributed by atoms with Gasteiger partial charge in [-0.2, -0.15) is 15.0 Å². The fraction of sp³-hybridized carbons (Fsp3) is 0.667. The maximum atomic E-state index is 5.66. The number of nitrogens with one attached hydrogen (secondary N) is 1. The van der Waals surface area contributed by atoms with Crippen molar-refractivity contribution >= 4 is 23.5 Å². The van der Waals surface area contributed by atoms with Crippen LogP contribution >= 0.6 is 11.6 Å². The molecule has 0 spiro atoms. The highest BCUT2D eigenvalue weighted by atomic mass is 35.5. The van der Waals surface area contributed by atoms with Gasteiger partial charge in [-0.15, -0.1) is 0 Å². The van der Waals surface area contributed by atoms with Gasteiger partial charge in [-0.1, -0.05) is 0 Å². The summed E-state index contributed by atoms with van der Waals surface area (Å²) in [6.45, 7) is 2.40. The van der Waals surface area contributed by atoms with Gasteiger partial charge in [-0.25, -0.2) is 0 Å². The van der Waals surface area contributed by atoms with E-state index in [1.54, 1.807) is 0 Å². The van der Waals surface area contributed by atoms with Crippen LogP contribution in [-0.4, -0.2) is 34.7 Å². The number of aromatic nitrogens is 3. The number of halogens is 1. The first-order valence-corrected chi connectivity index (χ1v) is 5.60. The van der Waals surface area contributed by atoms with Crippen LogP contribution in [0.2, 0.25) is 5.28 Å². The lowest BCUT2D eigenvalue weighted by Crippen LogP contribution is -2.25. The van der Waals surface area contributed by atoms with E-state index in [9.17, 15) is 0 Å². The quantitative estimate of drug-likeness (QED) is 0.822. The highest BCUT2D eigenvalue weighted by molar-refractivity contribution is 6.28. The Balaban J connectivity index is 1.88. The van der Waals surface area contributed by atoms with Crippen LogP contribution in [0.1, 0.15) is 12.8 Å². The molecule has 1 unspecified atom stereocenters. The van der Waals surface area contributed by atoms with Crippen LogP contribution in [-0.2, 0) is 4.74 Å². The molecule has 2 rings (SSSR count). The van der Waals surface area contributed by atoms with E-state index in [1.165, 1.54) is 0 Å². The van der Waals surface area contributed by atoms with Crippen molar-refractivity contribution in [1.82, 2.24) is 15.0 Å². The zero-order valence-corrected chi connectivity index (χ0v) is 9.57. The number of nitrogen functional groups attached to an aromatic ring is 1. The van der Waals surface area contributed by atoms with Crippen molar-refractivity contribution in [2.24, 2.45) is 5.92 Å². The van der Waals surface area contributed by atoms with Gasteiger partial charge in [0.05, 0.1) is 6.61 Å². The molecule has 0 aromatic carbocycles. The van der Waals surface area contributed by atoms with Gasteiger partial charge in [0.1, 0.15) is 0 Å². The molecule has 0 saturated carbocycles. The summed E-state index contributed by atoms with van der Waals surface area (Å²) in [5, 5.41) is 3.20. The molecule has 1 fully saturated rings. The second kappa shape index (κ2) is 5.27. The molecule has 0 amide bonds. The van der Waals surface area contributed by atoms with Gasteiger partial charge in [-0.05, 0) is 30.4 Å². The zero-order valence-electron chi connectivity index (χ0n) is 8.82. The summed E-state index contributed by atoms with van der Waals surface area (Å²) >= 11 is 5.66. The van der Waals surface area contributed by atoms with Gasteiger partial charge in [0.25, 0.3) is 0 Å². The van der Waals surface area contributed by atoms with Crippen molar-refractivity contribution in [3.05, 3.63) is 5.28 Å². The van der Waals surface area contributed by atoms with Gasteiger partial charge in [0.15, 0.2) is 0 Å². The maximum Gasteiger partial charge on any atom is 0.228 e. The average Bonchev–Trinajstić information content (AvgIpc) is 2.27. The lowest BCUT2D eigenvalue weighted by atomic mass is 10.0. The number of nitrogens with zero attached hydrogens (tertiary/aromatic N) is 3. The summed E-state index contributed by atoms with van der Waals surface area (Å²) in [6.07, 6.45) is 2.26. The fourth-order valence-corrected chi connectivity index (χ4v) is 1.82. The monoisotopic (exact) mass is 243 g/mol. The Hall–Kier alpha value is -1.14. The summed E-state index contributed by atoms with van der Waals surface area (Å²) in [5.74, 6) is 1.04. The molecule has 6 nitrogen and oxygen atoms in total. The fourth-order valence-electron chi connectivity index (χ4n) is 1.65. The highest BCUT2D eigenvalue weighted by Crippen LogP contribution is 2.14. The van der Waals surface area contributed by atoms with E-state index >= 15 is 0 Å². The van der Waals surface area contributed by atoms with E-state index < -0.39 is 0 Å². The predicted molar refractivity (Wildman–Crippen MR) is 61.3 cm³/mol. The van der Waals surface area contributed by atoms with Crippen LogP contribution < -0.4 is 11.1 Å². The lowest BCUT2D eigenvalue weighted by Gasteiger charge is -2.22. The number of hydrogen-bond donors (Lipinski definition) is 2. The smallest absolute Gasteiger partial charge is 0.228 e. The minimum absolute atomic E-state index is 0.106. The molecule has 1 aliphatic heterocycles. The summed E-state index contributed by atoms with van der Waals surface area (Å²) in [6, 6.07) is 0. The van der Waals surface area contributed by atoms with Crippen LogP contribution in [0.25, 0.3) is 0 Å². The van der Waals surface area contributed by atoms with E-state index in [-0.39, 0.29) is 11.2 Å². The summed E-state index contributed by atoms with van der Waals surface area (Å²) in [5.41, 5.74) is 5.46. The number of anilines is 2. The van der Waals surface area contributed by atoms with Crippen molar-refractivity contribution < 1.29 is 4.74 Å². The molecular weight excluding hydrogens is 230 g/mol. The lowest BCUT2D eigenvalue weighted by molar-refractivity contribution is 0.0594. The Morgan fingerprint density at radius 1 is 1.44 bits per heavy atom. The molecule has 16 heavy (non-hydrogen) atoms. The largest absolute Gasteiger partial charge is 0.381 e. The molecule has 0 bridgehead atoms. The summed E-state index contributed by atoms with van der Waals surface area (Å²) in [7, 11) is 0. The van der Waals surface area contributed by atoms with Crippen molar-refractivity contribution in [2.75, 3.05) is 30.8 Å². The molecule has 7 heteroatoms. The molecule has 1 aromatic heterocycles. The number of ether oxygens (including phenoxy) is 1. The van der Waals surface area contributed by atoms with Crippen molar-refractivity contribution in [1.29, 1.82) is 0 Å². The highest BCUT2D eigenvalue weighted by Gasteiger charge is 2.14. The van der Waals surface area contributed by atoms with E-state index in [2.05, 4.69) is 20.3 Å². The molecule has 1 atom stereocenters. The van der Waals surface area contributed by atoms with Crippen LogP contribution in [0.15, 0.2) is 0 Å². The zero-order chi connectivity index (χ0) is 11.4. The number of hydrogen-bond acceptors (Lipinski definition) is 6. The molecule has 88 valence electrons. The number of nitrogens with two attached hydrogens (primary N) is 1. The molecular formula is C9H14ClN5O. The molecule has 0 radical (unpaired) electrons. The van der Waals surface area contributed by atoms with Crippen LogP contribution in [0, 0.1) is 5.92 Å². The third-order valence-electron chi connectivity index (χ3n) is 2.43. The van der Waals surface area contributed by atoms with Gasteiger partial charge in [0.2, 0.25) is 17.2 Å².